The van der Waals surface area contributed by atoms with E-state index in [1.165, 1.54) is 43.4 Å². The number of anilines is 1. The Bertz CT molecular complexity index is 554. The third-order valence-electron chi connectivity index (χ3n) is 5.64. The summed E-state index contributed by atoms with van der Waals surface area (Å²) in [6.07, 6.45) is 7.71. The van der Waals surface area contributed by atoms with Crippen LogP contribution in [0.3, 0.4) is 0 Å². The highest BCUT2D eigenvalue weighted by Gasteiger charge is 2.33. The molecule has 2 fully saturated rings. The smallest absolute Gasteiger partial charge is 0.253 e. The van der Waals surface area contributed by atoms with Crippen molar-refractivity contribution in [2.75, 3.05) is 25.0 Å². The van der Waals surface area contributed by atoms with Gasteiger partial charge < -0.3 is 10.2 Å². The number of amides is 1. The van der Waals surface area contributed by atoms with Crippen LogP contribution in [0.5, 0.6) is 0 Å². The minimum Gasteiger partial charge on any atom is -0.384 e. The Hall–Kier alpha value is -1.51. The summed E-state index contributed by atoms with van der Waals surface area (Å²) >= 11 is 0. The lowest BCUT2D eigenvalue weighted by molar-refractivity contribution is 0.0521. The molecule has 2 unspecified atom stereocenters. The predicted octanol–water partition coefficient (Wildman–Crippen LogP) is 3.31. The van der Waals surface area contributed by atoms with Crippen LogP contribution >= 0.6 is 0 Å². The van der Waals surface area contributed by atoms with Gasteiger partial charge in [-0.2, -0.15) is 0 Å². The van der Waals surface area contributed by atoms with E-state index in [0.29, 0.717) is 0 Å². The summed E-state index contributed by atoms with van der Waals surface area (Å²) in [7, 11) is 0. The number of hydrogen-bond donors (Lipinski definition) is 1. The molecule has 2 atom stereocenters. The first-order chi connectivity index (χ1) is 10.3. The molecule has 0 aromatic heterocycles. The molecule has 1 aromatic rings. The number of piperidine rings is 1. The second-order valence-electron chi connectivity index (χ2n) is 6.89. The first kappa shape index (κ1) is 13.2. The number of benzene rings is 1. The fraction of sp³-hybridized carbons (Fsp3) is 0.611. The third-order valence-corrected chi connectivity index (χ3v) is 5.64. The van der Waals surface area contributed by atoms with Crippen LogP contribution in [0, 0.1) is 11.8 Å². The Morgan fingerprint density at radius 3 is 2.90 bits per heavy atom. The molecule has 1 saturated heterocycles. The van der Waals surface area contributed by atoms with E-state index >= 15 is 0 Å². The van der Waals surface area contributed by atoms with E-state index < -0.39 is 0 Å². The van der Waals surface area contributed by atoms with Gasteiger partial charge >= 0.3 is 0 Å². The molecule has 0 spiro atoms. The highest BCUT2D eigenvalue weighted by molar-refractivity contribution is 5.95. The summed E-state index contributed by atoms with van der Waals surface area (Å²) in [4.78, 5) is 14.9. The number of fused-ring (bicyclic) bond motifs is 2. The summed E-state index contributed by atoms with van der Waals surface area (Å²) in [5.41, 5.74) is 3.39. The zero-order chi connectivity index (χ0) is 14.2. The predicted molar refractivity (Wildman–Crippen MR) is 84.6 cm³/mol. The highest BCUT2D eigenvalue weighted by atomic mass is 16.2. The van der Waals surface area contributed by atoms with Crippen molar-refractivity contribution in [3.8, 4) is 0 Å². The summed E-state index contributed by atoms with van der Waals surface area (Å²) in [6.45, 7) is 2.94. The van der Waals surface area contributed by atoms with E-state index in [2.05, 4.69) is 22.3 Å². The molecule has 1 aliphatic carbocycles. The molecule has 1 N–H and O–H groups in total. The molecule has 1 saturated carbocycles. The van der Waals surface area contributed by atoms with Gasteiger partial charge in [0, 0.05) is 30.9 Å². The van der Waals surface area contributed by atoms with E-state index in [0.717, 1.165) is 43.5 Å². The number of nitrogens with zero attached hydrogens (tertiary/aromatic N) is 1. The van der Waals surface area contributed by atoms with Gasteiger partial charge in [-0.1, -0.05) is 19.3 Å². The first-order valence-corrected chi connectivity index (χ1v) is 8.47. The number of hydrogen-bond acceptors (Lipinski definition) is 2. The zero-order valence-corrected chi connectivity index (χ0v) is 12.6. The van der Waals surface area contributed by atoms with Crippen molar-refractivity contribution in [2.24, 2.45) is 11.8 Å². The average molecular weight is 284 g/mol. The average Bonchev–Trinajstić information content (AvgIpc) is 3.01. The van der Waals surface area contributed by atoms with Crippen molar-refractivity contribution in [3.05, 3.63) is 29.3 Å². The van der Waals surface area contributed by atoms with Crippen LogP contribution in [-0.2, 0) is 6.42 Å². The van der Waals surface area contributed by atoms with E-state index in [9.17, 15) is 4.79 Å². The molecule has 3 nitrogen and oxygen atoms in total. The second-order valence-corrected chi connectivity index (χ2v) is 6.89. The molecule has 2 heterocycles. The quantitative estimate of drug-likeness (QED) is 0.858. The molecule has 1 amide bonds. The Kier molecular flexibility index (Phi) is 3.36. The van der Waals surface area contributed by atoms with Crippen molar-refractivity contribution in [2.45, 2.75) is 38.5 Å². The van der Waals surface area contributed by atoms with Crippen LogP contribution < -0.4 is 5.32 Å². The molecular formula is C18H24N2O. The highest BCUT2D eigenvalue weighted by Crippen LogP contribution is 2.36. The second kappa shape index (κ2) is 5.36. The maximum absolute atomic E-state index is 12.8. The van der Waals surface area contributed by atoms with Crippen molar-refractivity contribution in [1.82, 2.24) is 4.90 Å². The van der Waals surface area contributed by atoms with Crippen LogP contribution in [-0.4, -0.2) is 30.4 Å². The zero-order valence-electron chi connectivity index (χ0n) is 12.6. The van der Waals surface area contributed by atoms with Crippen molar-refractivity contribution >= 4 is 11.6 Å². The summed E-state index contributed by atoms with van der Waals surface area (Å²) in [5.74, 6) is 1.88. The van der Waals surface area contributed by atoms with Gasteiger partial charge in [-0.15, -0.1) is 0 Å². The standard InChI is InChI=1S/C18H24N2O/c21-18(15-5-6-17-14(11-15)7-9-19-17)20-10-8-13-3-1-2-4-16(13)12-20/h5-6,11,13,16,19H,1-4,7-10,12H2. The SMILES string of the molecule is O=C(c1ccc2c(c1)CCN2)N1CCC2CCCCC2C1. The van der Waals surface area contributed by atoms with E-state index in [-0.39, 0.29) is 5.91 Å². The lowest BCUT2D eigenvalue weighted by Gasteiger charge is -2.41. The van der Waals surface area contributed by atoms with Crippen LogP contribution in [0.25, 0.3) is 0 Å². The summed E-state index contributed by atoms with van der Waals surface area (Å²) in [6, 6.07) is 6.17. The number of rotatable bonds is 1. The van der Waals surface area contributed by atoms with E-state index in [1.54, 1.807) is 0 Å². The molecule has 1 aromatic carbocycles. The molecule has 4 rings (SSSR count). The van der Waals surface area contributed by atoms with Gasteiger partial charge in [0.1, 0.15) is 0 Å². The minimum absolute atomic E-state index is 0.244. The van der Waals surface area contributed by atoms with Gasteiger partial charge in [0.05, 0.1) is 0 Å². The lowest BCUT2D eigenvalue weighted by atomic mass is 9.75. The molecule has 3 heteroatoms. The Balaban J connectivity index is 1.49. The van der Waals surface area contributed by atoms with Gasteiger partial charge in [-0.3, -0.25) is 4.79 Å². The Morgan fingerprint density at radius 1 is 1.14 bits per heavy atom. The van der Waals surface area contributed by atoms with Gasteiger partial charge in [0.2, 0.25) is 0 Å². The number of nitrogens with one attached hydrogen (secondary N) is 1. The maximum atomic E-state index is 12.8. The van der Waals surface area contributed by atoms with E-state index in [1.807, 2.05) is 6.07 Å². The topological polar surface area (TPSA) is 32.3 Å². The normalized spacial score (nSPS) is 27.7. The molecule has 0 bridgehead atoms. The fourth-order valence-corrected chi connectivity index (χ4v) is 4.41. The number of carbonyl (C=O) groups excluding carboxylic acids is 1. The monoisotopic (exact) mass is 284 g/mol. The summed E-state index contributed by atoms with van der Waals surface area (Å²) in [5, 5.41) is 3.36. The van der Waals surface area contributed by atoms with Crippen LogP contribution in [0.1, 0.15) is 48.0 Å². The maximum Gasteiger partial charge on any atom is 0.253 e. The van der Waals surface area contributed by atoms with Crippen LogP contribution in [0.2, 0.25) is 0 Å². The summed E-state index contributed by atoms with van der Waals surface area (Å²) < 4.78 is 0. The molecule has 2 aliphatic heterocycles. The molecule has 0 radical (unpaired) electrons. The van der Waals surface area contributed by atoms with Gasteiger partial charge in [0.25, 0.3) is 5.91 Å². The lowest BCUT2D eigenvalue weighted by Crippen LogP contribution is -2.44. The Labute approximate surface area is 126 Å². The van der Waals surface area contributed by atoms with Crippen LogP contribution in [0.15, 0.2) is 18.2 Å². The van der Waals surface area contributed by atoms with Crippen molar-refractivity contribution in [3.63, 3.8) is 0 Å². The van der Waals surface area contributed by atoms with Gasteiger partial charge in [-0.05, 0) is 54.9 Å². The van der Waals surface area contributed by atoms with E-state index in [4.69, 9.17) is 0 Å². The molecule has 21 heavy (non-hydrogen) atoms. The number of carbonyl (C=O) groups is 1. The van der Waals surface area contributed by atoms with Gasteiger partial charge in [-0.25, -0.2) is 0 Å². The van der Waals surface area contributed by atoms with Crippen molar-refractivity contribution in [1.29, 1.82) is 0 Å². The molecule has 3 aliphatic rings. The fourth-order valence-electron chi connectivity index (χ4n) is 4.41. The first-order valence-electron chi connectivity index (χ1n) is 8.47. The van der Waals surface area contributed by atoms with Crippen molar-refractivity contribution < 1.29 is 4.79 Å². The van der Waals surface area contributed by atoms with Gasteiger partial charge in [0.15, 0.2) is 0 Å². The molecular weight excluding hydrogens is 260 g/mol. The third kappa shape index (κ3) is 2.43. The number of likely N-dealkylation sites (tertiary alicyclic amines) is 1. The Morgan fingerprint density at radius 2 is 2.00 bits per heavy atom. The molecule has 112 valence electrons. The van der Waals surface area contributed by atoms with Crippen LogP contribution in [0.4, 0.5) is 5.69 Å². The largest absolute Gasteiger partial charge is 0.384 e. The minimum atomic E-state index is 0.244.